The summed E-state index contributed by atoms with van der Waals surface area (Å²) in [6, 6.07) is 7.53. The Hall–Kier alpha value is -1.92. The Morgan fingerprint density at radius 1 is 1.33 bits per heavy atom. The van der Waals surface area contributed by atoms with E-state index in [-0.39, 0.29) is 5.91 Å². The van der Waals surface area contributed by atoms with Crippen LogP contribution >= 0.6 is 11.3 Å². The first-order valence-corrected chi connectivity index (χ1v) is 7.71. The number of morpholine rings is 1. The van der Waals surface area contributed by atoms with E-state index in [0.717, 1.165) is 36.9 Å². The Morgan fingerprint density at radius 2 is 2.10 bits per heavy atom. The van der Waals surface area contributed by atoms with E-state index < -0.39 is 0 Å². The highest BCUT2D eigenvalue weighted by Gasteiger charge is 2.16. The first kappa shape index (κ1) is 14.0. The van der Waals surface area contributed by atoms with Crippen LogP contribution in [0.1, 0.15) is 15.9 Å². The number of ether oxygens (including phenoxy) is 1. The fourth-order valence-electron chi connectivity index (χ4n) is 2.25. The summed E-state index contributed by atoms with van der Waals surface area (Å²) >= 11 is 1.50. The normalized spacial score (nSPS) is 15.0. The van der Waals surface area contributed by atoms with E-state index in [1.807, 2.05) is 37.4 Å². The van der Waals surface area contributed by atoms with Crippen LogP contribution in [0.5, 0.6) is 0 Å². The van der Waals surface area contributed by atoms with Gasteiger partial charge in [0.1, 0.15) is 5.00 Å². The molecule has 0 radical (unpaired) electrons. The van der Waals surface area contributed by atoms with Gasteiger partial charge in [0.15, 0.2) is 5.13 Å². The van der Waals surface area contributed by atoms with Gasteiger partial charge in [-0.2, -0.15) is 0 Å². The van der Waals surface area contributed by atoms with Crippen LogP contribution in [0, 0.1) is 6.92 Å². The van der Waals surface area contributed by atoms with Crippen LogP contribution < -0.4 is 10.2 Å². The second kappa shape index (κ2) is 6.24. The molecule has 6 heteroatoms. The summed E-state index contributed by atoms with van der Waals surface area (Å²) in [5.74, 6) is -0.115. The lowest BCUT2D eigenvalue weighted by atomic mass is 10.1. The molecular weight excluding hydrogens is 286 g/mol. The molecular formula is C15H17N3O2S. The Balaban J connectivity index is 1.69. The number of aryl methyl sites for hydroxylation is 1. The van der Waals surface area contributed by atoms with Gasteiger partial charge in [0.25, 0.3) is 5.91 Å². The van der Waals surface area contributed by atoms with Gasteiger partial charge in [-0.3, -0.25) is 10.1 Å². The van der Waals surface area contributed by atoms with E-state index in [1.54, 1.807) is 0 Å². The quantitative estimate of drug-likeness (QED) is 0.947. The van der Waals surface area contributed by atoms with E-state index in [0.29, 0.717) is 10.7 Å². The van der Waals surface area contributed by atoms with E-state index in [9.17, 15) is 4.79 Å². The highest BCUT2D eigenvalue weighted by atomic mass is 32.1. The molecule has 0 atom stereocenters. The first-order valence-electron chi connectivity index (χ1n) is 6.89. The van der Waals surface area contributed by atoms with Crippen molar-refractivity contribution in [1.29, 1.82) is 0 Å². The van der Waals surface area contributed by atoms with Crippen molar-refractivity contribution < 1.29 is 9.53 Å². The van der Waals surface area contributed by atoms with Gasteiger partial charge in [0, 0.05) is 18.7 Å². The summed E-state index contributed by atoms with van der Waals surface area (Å²) in [5, 5.41) is 4.57. The molecule has 1 amide bonds. The van der Waals surface area contributed by atoms with Crippen molar-refractivity contribution in [2.45, 2.75) is 6.92 Å². The van der Waals surface area contributed by atoms with Gasteiger partial charge in [-0.05, 0) is 18.6 Å². The summed E-state index contributed by atoms with van der Waals surface area (Å²) < 4.78 is 5.34. The second-order valence-electron chi connectivity index (χ2n) is 4.87. The van der Waals surface area contributed by atoms with E-state index in [4.69, 9.17) is 4.74 Å². The molecule has 2 heterocycles. The number of carbonyl (C=O) groups excluding carboxylic acids is 1. The lowest BCUT2D eigenvalue weighted by Crippen LogP contribution is -2.35. The molecule has 110 valence electrons. The molecule has 1 aliphatic rings. The summed E-state index contributed by atoms with van der Waals surface area (Å²) in [5.41, 5.74) is 1.64. The van der Waals surface area contributed by atoms with Gasteiger partial charge in [-0.25, -0.2) is 4.98 Å². The third-order valence-electron chi connectivity index (χ3n) is 3.43. The van der Waals surface area contributed by atoms with Crippen LogP contribution in [0.25, 0.3) is 0 Å². The van der Waals surface area contributed by atoms with Gasteiger partial charge in [-0.15, -0.1) is 0 Å². The predicted octanol–water partition coefficient (Wildman–Crippen LogP) is 2.54. The van der Waals surface area contributed by atoms with Crippen molar-refractivity contribution in [3.05, 3.63) is 41.6 Å². The first-order chi connectivity index (χ1) is 10.2. The number of anilines is 2. The zero-order valence-electron chi connectivity index (χ0n) is 11.8. The van der Waals surface area contributed by atoms with Gasteiger partial charge in [-0.1, -0.05) is 29.5 Å². The molecule has 21 heavy (non-hydrogen) atoms. The number of carbonyl (C=O) groups is 1. The highest BCUT2D eigenvalue weighted by molar-refractivity contribution is 7.19. The molecule has 1 fully saturated rings. The van der Waals surface area contributed by atoms with Crippen LogP contribution in [-0.2, 0) is 4.74 Å². The number of hydrogen-bond donors (Lipinski definition) is 1. The van der Waals surface area contributed by atoms with Crippen molar-refractivity contribution in [1.82, 2.24) is 4.98 Å². The Kier molecular flexibility index (Phi) is 4.17. The average molecular weight is 303 g/mol. The molecule has 2 aromatic rings. The molecule has 3 rings (SSSR count). The van der Waals surface area contributed by atoms with Gasteiger partial charge < -0.3 is 9.64 Å². The monoisotopic (exact) mass is 303 g/mol. The zero-order valence-corrected chi connectivity index (χ0v) is 12.7. The van der Waals surface area contributed by atoms with Crippen LogP contribution in [0.4, 0.5) is 10.1 Å². The third kappa shape index (κ3) is 3.22. The topological polar surface area (TPSA) is 54.5 Å². The molecule has 1 N–H and O–H groups in total. The van der Waals surface area contributed by atoms with Gasteiger partial charge >= 0.3 is 0 Å². The largest absolute Gasteiger partial charge is 0.378 e. The maximum absolute atomic E-state index is 12.2. The standard InChI is InChI=1S/C15H17N3O2S/c1-11-4-2-3-5-12(11)14(19)17-15-16-10-13(21-15)18-6-8-20-9-7-18/h2-5,10H,6-9H2,1H3,(H,16,17,19). The molecule has 0 saturated carbocycles. The molecule has 0 unspecified atom stereocenters. The maximum atomic E-state index is 12.2. The summed E-state index contributed by atoms with van der Waals surface area (Å²) in [6.45, 7) is 5.14. The molecule has 1 aromatic carbocycles. The second-order valence-corrected chi connectivity index (χ2v) is 5.88. The van der Waals surface area contributed by atoms with Crippen molar-refractivity contribution in [2.75, 3.05) is 36.5 Å². The number of aromatic nitrogens is 1. The molecule has 1 aromatic heterocycles. The SMILES string of the molecule is Cc1ccccc1C(=O)Nc1ncc(N2CCOCC2)s1. The lowest BCUT2D eigenvalue weighted by molar-refractivity contribution is 0.102. The van der Waals surface area contributed by atoms with Crippen molar-refractivity contribution in [3.63, 3.8) is 0 Å². The minimum Gasteiger partial charge on any atom is -0.378 e. The van der Waals surface area contributed by atoms with E-state index >= 15 is 0 Å². The number of hydrogen-bond acceptors (Lipinski definition) is 5. The number of amides is 1. The maximum Gasteiger partial charge on any atom is 0.257 e. The molecule has 1 saturated heterocycles. The fourth-order valence-corrected chi connectivity index (χ4v) is 3.11. The Labute approximate surface area is 127 Å². The Bertz CT molecular complexity index is 635. The summed E-state index contributed by atoms with van der Waals surface area (Å²) in [7, 11) is 0. The van der Waals surface area contributed by atoms with Crippen LogP contribution in [-0.4, -0.2) is 37.2 Å². The number of benzene rings is 1. The van der Waals surface area contributed by atoms with Crippen LogP contribution in [0.2, 0.25) is 0 Å². The molecule has 5 nitrogen and oxygen atoms in total. The minimum atomic E-state index is -0.115. The molecule has 0 spiro atoms. The summed E-state index contributed by atoms with van der Waals surface area (Å²) in [6.07, 6.45) is 1.81. The van der Waals surface area contributed by atoms with E-state index in [2.05, 4.69) is 15.2 Å². The van der Waals surface area contributed by atoms with E-state index in [1.165, 1.54) is 11.3 Å². The van der Waals surface area contributed by atoms with Gasteiger partial charge in [0.05, 0.1) is 19.4 Å². The molecule has 0 aliphatic carbocycles. The highest BCUT2D eigenvalue weighted by Crippen LogP contribution is 2.28. The number of thiazole rings is 1. The van der Waals surface area contributed by atoms with Crippen LogP contribution in [0.3, 0.4) is 0 Å². The minimum absolute atomic E-state index is 0.115. The van der Waals surface area contributed by atoms with Crippen molar-refractivity contribution in [2.24, 2.45) is 0 Å². The molecule has 1 aliphatic heterocycles. The lowest BCUT2D eigenvalue weighted by Gasteiger charge is -2.26. The number of nitrogens with zero attached hydrogens (tertiary/aromatic N) is 2. The predicted molar refractivity (Wildman–Crippen MR) is 84.3 cm³/mol. The third-order valence-corrected chi connectivity index (χ3v) is 4.40. The van der Waals surface area contributed by atoms with Crippen LogP contribution in [0.15, 0.2) is 30.5 Å². The number of rotatable bonds is 3. The van der Waals surface area contributed by atoms with Crippen molar-refractivity contribution in [3.8, 4) is 0 Å². The molecule has 0 bridgehead atoms. The fraction of sp³-hybridized carbons (Fsp3) is 0.333. The van der Waals surface area contributed by atoms with Gasteiger partial charge in [0.2, 0.25) is 0 Å². The number of nitrogens with one attached hydrogen (secondary N) is 1. The smallest absolute Gasteiger partial charge is 0.257 e. The summed E-state index contributed by atoms with van der Waals surface area (Å²) in [4.78, 5) is 18.8. The average Bonchev–Trinajstić information content (AvgIpc) is 2.97. The van der Waals surface area contributed by atoms with Crippen molar-refractivity contribution >= 4 is 27.4 Å². The zero-order chi connectivity index (χ0) is 14.7. The Morgan fingerprint density at radius 3 is 2.86 bits per heavy atom.